The van der Waals surface area contributed by atoms with Crippen LogP contribution in [-0.2, 0) is 4.79 Å². The monoisotopic (exact) mass is 281 g/mol. The molecule has 0 aliphatic rings. The maximum atomic E-state index is 13.0. The minimum absolute atomic E-state index is 0.0195. The van der Waals surface area contributed by atoms with Crippen molar-refractivity contribution in [2.24, 2.45) is 11.7 Å². The second-order valence-electron chi connectivity index (χ2n) is 4.32. The molecule has 2 atom stereocenters. The van der Waals surface area contributed by atoms with Gasteiger partial charge in [-0.2, -0.15) is 5.26 Å². The van der Waals surface area contributed by atoms with E-state index in [0.717, 1.165) is 18.2 Å². The molecule has 7 heteroatoms. The summed E-state index contributed by atoms with van der Waals surface area (Å²) in [5, 5.41) is 10.9. The first-order valence-electron chi connectivity index (χ1n) is 5.79. The molecule has 1 aromatic rings. The average Bonchev–Trinajstić information content (AvgIpc) is 2.38. The molecular weight excluding hydrogens is 268 g/mol. The van der Waals surface area contributed by atoms with Crippen molar-refractivity contribution >= 4 is 11.8 Å². The summed E-state index contributed by atoms with van der Waals surface area (Å²) >= 11 is 0. The summed E-state index contributed by atoms with van der Waals surface area (Å²) in [6, 6.07) is 3.42. The number of hydrogen-bond acceptors (Lipinski definition) is 3. The Morgan fingerprint density at radius 2 is 2.05 bits per heavy atom. The number of nitrogens with one attached hydrogen (secondary N) is 1. The molecule has 0 bridgehead atoms. The summed E-state index contributed by atoms with van der Waals surface area (Å²) in [5.41, 5.74) is 5.01. The van der Waals surface area contributed by atoms with Gasteiger partial charge in [-0.05, 0) is 24.1 Å². The van der Waals surface area contributed by atoms with Crippen LogP contribution in [0.1, 0.15) is 23.7 Å². The number of halogens is 2. The maximum Gasteiger partial charge on any atom is 0.252 e. The van der Waals surface area contributed by atoms with Crippen LogP contribution in [0, 0.1) is 28.9 Å². The molecule has 2 amide bonds. The fraction of sp³-hybridized carbons (Fsp3) is 0.308. The fourth-order valence-electron chi connectivity index (χ4n) is 1.62. The lowest BCUT2D eigenvalue weighted by molar-refractivity contribution is -0.120. The van der Waals surface area contributed by atoms with E-state index in [1.165, 1.54) is 0 Å². The number of nitrogens with zero attached hydrogens (tertiary/aromatic N) is 1. The molecule has 0 radical (unpaired) electrons. The summed E-state index contributed by atoms with van der Waals surface area (Å²) in [4.78, 5) is 23.1. The summed E-state index contributed by atoms with van der Waals surface area (Å²) in [7, 11) is 0. The molecule has 0 unspecified atom stereocenters. The molecule has 1 aromatic carbocycles. The third-order valence-corrected chi connectivity index (χ3v) is 2.76. The number of benzene rings is 1. The van der Waals surface area contributed by atoms with Crippen LogP contribution in [0.5, 0.6) is 0 Å². The van der Waals surface area contributed by atoms with Crippen molar-refractivity contribution in [2.45, 2.75) is 19.4 Å². The Labute approximate surface area is 114 Å². The van der Waals surface area contributed by atoms with Gasteiger partial charge in [-0.25, -0.2) is 8.78 Å². The van der Waals surface area contributed by atoms with E-state index in [2.05, 4.69) is 5.32 Å². The SMILES string of the molecule is C[C@@H](CC#N)[C@H](NC(=O)c1ccc(F)c(F)c1)C(N)=O. The highest BCUT2D eigenvalue weighted by Crippen LogP contribution is 2.11. The number of carbonyl (C=O) groups is 2. The normalized spacial score (nSPS) is 13.1. The van der Waals surface area contributed by atoms with Gasteiger partial charge in [0.2, 0.25) is 5.91 Å². The predicted octanol–water partition coefficient (Wildman–Crippen LogP) is 1.10. The van der Waals surface area contributed by atoms with E-state index >= 15 is 0 Å². The molecule has 5 nitrogen and oxygen atoms in total. The molecular formula is C13H13F2N3O2. The molecule has 106 valence electrons. The van der Waals surface area contributed by atoms with Gasteiger partial charge >= 0.3 is 0 Å². The molecule has 0 aliphatic carbocycles. The predicted molar refractivity (Wildman–Crippen MR) is 66.2 cm³/mol. The number of amides is 2. The fourth-order valence-corrected chi connectivity index (χ4v) is 1.62. The Balaban J connectivity index is 2.88. The van der Waals surface area contributed by atoms with Gasteiger partial charge in [0.05, 0.1) is 6.07 Å². The summed E-state index contributed by atoms with van der Waals surface area (Å²) in [6.45, 7) is 1.57. The van der Waals surface area contributed by atoms with Gasteiger partial charge in [0.15, 0.2) is 11.6 Å². The zero-order valence-corrected chi connectivity index (χ0v) is 10.7. The van der Waals surface area contributed by atoms with Crippen molar-refractivity contribution in [1.29, 1.82) is 5.26 Å². The second-order valence-corrected chi connectivity index (χ2v) is 4.32. The lowest BCUT2D eigenvalue weighted by Crippen LogP contribution is -2.48. The van der Waals surface area contributed by atoms with Gasteiger partial charge in [0.1, 0.15) is 6.04 Å². The minimum atomic E-state index is -1.17. The Morgan fingerprint density at radius 1 is 1.40 bits per heavy atom. The van der Waals surface area contributed by atoms with Gasteiger partial charge in [0, 0.05) is 12.0 Å². The third kappa shape index (κ3) is 3.75. The molecule has 0 aliphatic heterocycles. The number of primary amides is 1. The van der Waals surface area contributed by atoms with Crippen LogP contribution in [0.25, 0.3) is 0 Å². The highest BCUT2D eigenvalue weighted by Gasteiger charge is 2.25. The highest BCUT2D eigenvalue weighted by molar-refractivity contribution is 5.97. The Hall–Kier alpha value is -2.49. The first-order chi connectivity index (χ1) is 9.36. The van der Waals surface area contributed by atoms with Crippen molar-refractivity contribution in [3.8, 4) is 6.07 Å². The van der Waals surface area contributed by atoms with E-state index in [1.54, 1.807) is 6.92 Å². The second kappa shape index (κ2) is 6.61. The number of carbonyl (C=O) groups excluding carboxylic acids is 2. The van der Waals surface area contributed by atoms with Crippen LogP contribution >= 0.6 is 0 Å². The van der Waals surface area contributed by atoms with Crippen LogP contribution in [-0.4, -0.2) is 17.9 Å². The zero-order chi connectivity index (χ0) is 15.3. The van der Waals surface area contributed by atoms with Crippen LogP contribution in [0.3, 0.4) is 0 Å². The quantitative estimate of drug-likeness (QED) is 0.845. The standard InChI is InChI=1S/C13H13F2N3O2/c1-7(4-5-16)11(12(17)19)18-13(20)8-2-3-9(14)10(15)6-8/h2-3,6-7,11H,4H2,1H3,(H2,17,19)(H,18,20)/t7-,11-/m0/s1. The van der Waals surface area contributed by atoms with Crippen LogP contribution in [0.4, 0.5) is 8.78 Å². The van der Waals surface area contributed by atoms with E-state index in [0.29, 0.717) is 0 Å². The summed E-state index contributed by atoms with van der Waals surface area (Å²) < 4.78 is 25.8. The topological polar surface area (TPSA) is 96.0 Å². The van der Waals surface area contributed by atoms with Crippen molar-refractivity contribution in [1.82, 2.24) is 5.32 Å². The van der Waals surface area contributed by atoms with Crippen molar-refractivity contribution in [3.05, 3.63) is 35.4 Å². The number of hydrogen-bond donors (Lipinski definition) is 2. The van der Waals surface area contributed by atoms with E-state index in [1.807, 2.05) is 6.07 Å². The lowest BCUT2D eigenvalue weighted by Gasteiger charge is -2.20. The Bertz CT molecular complexity index is 569. The first kappa shape index (κ1) is 15.6. The van der Waals surface area contributed by atoms with Gasteiger partial charge in [-0.15, -0.1) is 0 Å². The Kier molecular flexibility index (Phi) is 5.15. The average molecular weight is 281 g/mol. The van der Waals surface area contributed by atoms with E-state index in [4.69, 9.17) is 11.0 Å². The minimum Gasteiger partial charge on any atom is -0.368 e. The van der Waals surface area contributed by atoms with Gasteiger partial charge < -0.3 is 11.1 Å². The lowest BCUT2D eigenvalue weighted by atomic mass is 9.98. The highest BCUT2D eigenvalue weighted by atomic mass is 19.2. The molecule has 3 N–H and O–H groups in total. The van der Waals surface area contributed by atoms with E-state index < -0.39 is 35.4 Å². The van der Waals surface area contributed by atoms with E-state index in [9.17, 15) is 18.4 Å². The van der Waals surface area contributed by atoms with Crippen molar-refractivity contribution in [3.63, 3.8) is 0 Å². The van der Waals surface area contributed by atoms with E-state index in [-0.39, 0.29) is 12.0 Å². The largest absolute Gasteiger partial charge is 0.368 e. The van der Waals surface area contributed by atoms with Crippen LogP contribution in [0.15, 0.2) is 18.2 Å². The third-order valence-electron chi connectivity index (χ3n) is 2.76. The number of nitrogens with two attached hydrogens (primary N) is 1. The van der Waals surface area contributed by atoms with Gasteiger partial charge in [-0.3, -0.25) is 9.59 Å². The molecule has 0 spiro atoms. The van der Waals surface area contributed by atoms with Crippen LogP contribution in [0.2, 0.25) is 0 Å². The smallest absolute Gasteiger partial charge is 0.252 e. The number of nitriles is 1. The Morgan fingerprint density at radius 3 is 2.55 bits per heavy atom. The zero-order valence-electron chi connectivity index (χ0n) is 10.7. The summed E-state index contributed by atoms with van der Waals surface area (Å²) in [6.07, 6.45) is 0.0195. The molecule has 0 aromatic heterocycles. The molecule has 20 heavy (non-hydrogen) atoms. The summed E-state index contributed by atoms with van der Waals surface area (Å²) in [5.74, 6) is -4.31. The van der Waals surface area contributed by atoms with Crippen LogP contribution < -0.4 is 11.1 Å². The van der Waals surface area contributed by atoms with Gasteiger partial charge in [0.25, 0.3) is 5.91 Å². The molecule has 0 fully saturated rings. The van der Waals surface area contributed by atoms with Crippen molar-refractivity contribution in [2.75, 3.05) is 0 Å². The molecule has 0 saturated heterocycles. The maximum absolute atomic E-state index is 13.0. The van der Waals surface area contributed by atoms with Gasteiger partial charge in [-0.1, -0.05) is 6.92 Å². The molecule has 1 rings (SSSR count). The molecule has 0 saturated carbocycles. The molecule has 0 heterocycles. The first-order valence-corrected chi connectivity index (χ1v) is 5.79. The van der Waals surface area contributed by atoms with Crippen molar-refractivity contribution < 1.29 is 18.4 Å². The number of rotatable bonds is 5.